The Balaban J connectivity index is 1.78. The second-order valence-electron chi connectivity index (χ2n) is 9.03. The third kappa shape index (κ3) is 5.59. The lowest BCUT2D eigenvalue weighted by molar-refractivity contribution is 0.00649. The van der Waals surface area contributed by atoms with E-state index in [-0.39, 0.29) is 41.2 Å². The van der Waals surface area contributed by atoms with Crippen molar-refractivity contribution in [2.45, 2.75) is 51.9 Å². The molecule has 36 heavy (non-hydrogen) atoms. The van der Waals surface area contributed by atoms with Gasteiger partial charge < -0.3 is 25.1 Å². The highest BCUT2D eigenvalue weighted by Crippen LogP contribution is 2.30. The molecule has 1 saturated heterocycles. The molecule has 0 bridgehead atoms. The van der Waals surface area contributed by atoms with Crippen LogP contribution >= 0.6 is 0 Å². The second kappa shape index (κ2) is 10.9. The minimum atomic E-state index is -0.788. The molecule has 2 N–H and O–H groups in total. The van der Waals surface area contributed by atoms with Crippen LogP contribution in [-0.2, 0) is 9.47 Å². The first kappa shape index (κ1) is 25.4. The molecule has 2 atom stereocenters. The summed E-state index contributed by atoms with van der Waals surface area (Å²) in [4.78, 5) is 35.6. The third-order valence-corrected chi connectivity index (χ3v) is 6.04. The van der Waals surface area contributed by atoms with Crippen LogP contribution in [0.15, 0.2) is 30.0 Å². The summed E-state index contributed by atoms with van der Waals surface area (Å²) < 4.78 is 26.2. The van der Waals surface area contributed by atoms with E-state index in [1.54, 1.807) is 26.1 Å². The number of morpholine rings is 1. The van der Waals surface area contributed by atoms with Crippen molar-refractivity contribution in [1.82, 2.24) is 15.3 Å². The van der Waals surface area contributed by atoms with Crippen molar-refractivity contribution in [2.24, 2.45) is 0 Å². The van der Waals surface area contributed by atoms with Crippen LogP contribution in [-0.4, -0.2) is 66.4 Å². The SMILES string of the molecule is CCOC(=O)c1nc(N2C[C@@H](C)O[C@@H](/C(C=N)=C/NC3CC3)C2)nc(-c2ccc(C)cc2F)c1C=O. The van der Waals surface area contributed by atoms with E-state index in [9.17, 15) is 14.0 Å². The van der Waals surface area contributed by atoms with Gasteiger partial charge in [-0.3, -0.25) is 4.79 Å². The fourth-order valence-electron chi connectivity index (χ4n) is 4.07. The van der Waals surface area contributed by atoms with Crippen LogP contribution in [0.1, 0.15) is 53.1 Å². The van der Waals surface area contributed by atoms with Crippen LogP contribution in [0.4, 0.5) is 10.3 Å². The summed E-state index contributed by atoms with van der Waals surface area (Å²) in [5.74, 6) is -1.20. The molecule has 0 radical (unpaired) electrons. The van der Waals surface area contributed by atoms with E-state index >= 15 is 0 Å². The monoisotopic (exact) mass is 495 g/mol. The average molecular weight is 496 g/mol. The van der Waals surface area contributed by atoms with E-state index in [2.05, 4.69) is 15.3 Å². The van der Waals surface area contributed by atoms with Crippen molar-refractivity contribution in [2.75, 3.05) is 24.6 Å². The molecule has 0 unspecified atom stereocenters. The molecule has 2 aromatic rings. The van der Waals surface area contributed by atoms with Gasteiger partial charge >= 0.3 is 5.97 Å². The molecule has 1 aromatic carbocycles. The lowest BCUT2D eigenvalue weighted by Gasteiger charge is -2.37. The van der Waals surface area contributed by atoms with Crippen molar-refractivity contribution in [1.29, 1.82) is 5.41 Å². The molecule has 4 rings (SSSR count). The van der Waals surface area contributed by atoms with Gasteiger partial charge in [0.2, 0.25) is 5.95 Å². The van der Waals surface area contributed by atoms with Crippen LogP contribution in [0.3, 0.4) is 0 Å². The number of benzene rings is 1. The minimum absolute atomic E-state index is 0.0180. The Morgan fingerprint density at radius 3 is 2.75 bits per heavy atom. The number of nitrogens with one attached hydrogen (secondary N) is 2. The molecule has 0 spiro atoms. The van der Waals surface area contributed by atoms with Gasteiger partial charge in [-0.1, -0.05) is 6.07 Å². The van der Waals surface area contributed by atoms with Crippen molar-refractivity contribution < 1.29 is 23.5 Å². The lowest BCUT2D eigenvalue weighted by atomic mass is 10.0. The molecule has 0 amide bonds. The maximum absolute atomic E-state index is 15.0. The zero-order valence-electron chi connectivity index (χ0n) is 20.6. The summed E-state index contributed by atoms with van der Waals surface area (Å²) in [6, 6.07) is 5.01. The molecule has 1 aromatic heterocycles. The van der Waals surface area contributed by atoms with Crippen LogP contribution in [0.2, 0.25) is 0 Å². The standard InChI is InChI=1S/C26H30FN5O4/c1-4-35-25(34)24-20(14-33)23(19-8-5-15(2)9-21(19)27)30-26(31-24)32-12-16(3)36-22(13-32)17(10-28)11-29-18-6-7-18/h5,8-11,14,16,18,22,28-29H,4,6-7,12-13H2,1-3H3/b17-11+,28-10?/t16-,22-/m1/s1. The Bertz CT molecular complexity index is 1200. The number of esters is 1. The molecule has 9 nitrogen and oxygen atoms in total. The van der Waals surface area contributed by atoms with Gasteiger partial charge in [0.25, 0.3) is 0 Å². The number of carbonyl (C=O) groups is 2. The number of aldehydes is 1. The summed E-state index contributed by atoms with van der Waals surface area (Å²) in [5.41, 5.74) is 1.12. The van der Waals surface area contributed by atoms with E-state index in [0.717, 1.165) is 12.8 Å². The first-order valence-electron chi connectivity index (χ1n) is 12.0. The van der Waals surface area contributed by atoms with Crippen molar-refractivity contribution >= 4 is 24.4 Å². The van der Waals surface area contributed by atoms with E-state index in [4.69, 9.17) is 14.9 Å². The Kier molecular flexibility index (Phi) is 7.73. The van der Waals surface area contributed by atoms with Crippen molar-refractivity contribution in [3.63, 3.8) is 0 Å². The Hall–Kier alpha value is -3.66. The van der Waals surface area contributed by atoms with Gasteiger partial charge in [0.15, 0.2) is 12.0 Å². The second-order valence-corrected chi connectivity index (χ2v) is 9.03. The number of halogens is 1. The van der Waals surface area contributed by atoms with E-state index in [0.29, 0.717) is 36.6 Å². The van der Waals surface area contributed by atoms with Gasteiger partial charge in [0.1, 0.15) is 11.9 Å². The number of hydrogen-bond acceptors (Lipinski definition) is 9. The molecular weight excluding hydrogens is 465 g/mol. The predicted octanol–water partition coefficient (Wildman–Crippen LogP) is 3.46. The fourth-order valence-corrected chi connectivity index (χ4v) is 4.07. The number of hydrogen-bond donors (Lipinski definition) is 2. The van der Waals surface area contributed by atoms with Gasteiger partial charge in [-0.2, -0.15) is 0 Å². The number of anilines is 1. The molecule has 2 heterocycles. The summed E-state index contributed by atoms with van der Waals surface area (Å²) >= 11 is 0. The number of aromatic nitrogens is 2. The zero-order chi connectivity index (χ0) is 25.8. The van der Waals surface area contributed by atoms with Crippen LogP contribution in [0.25, 0.3) is 11.3 Å². The minimum Gasteiger partial charge on any atom is -0.461 e. The number of ether oxygens (including phenoxy) is 2. The van der Waals surface area contributed by atoms with Gasteiger partial charge in [-0.15, -0.1) is 0 Å². The number of nitrogens with zero attached hydrogens (tertiary/aromatic N) is 3. The zero-order valence-corrected chi connectivity index (χ0v) is 20.6. The van der Waals surface area contributed by atoms with E-state index in [1.165, 1.54) is 18.3 Å². The van der Waals surface area contributed by atoms with Crippen molar-refractivity contribution in [3.8, 4) is 11.3 Å². The molecule has 190 valence electrons. The van der Waals surface area contributed by atoms with Gasteiger partial charge in [0.05, 0.1) is 30.5 Å². The van der Waals surface area contributed by atoms with E-state index in [1.807, 2.05) is 11.8 Å². The number of rotatable bonds is 9. The van der Waals surface area contributed by atoms with Gasteiger partial charge in [-0.05, 0) is 51.3 Å². The molecule has 2 aliphatic rings. The third-order valence-electron chi connectivity index (χ3n) is 6.04. The quantitative estimate of drug-likeness (QED) is 0.309. The normalized spacial score (nSPS) is 20.1. The van der Waals surface area contributed by atoms with Crippen LogP contribution < -0.4 is 10.2 Å². The topological polar surface area (TPSA) is 118 Å². The van der Waals surface area contributed by atoms with Gasteiger partial charge in [-0.25, -0.2) is 19.2 Å². The molecule has 1 saturated carbocycles. The number of aryl methyl sites for hydroxylation is 1. The number of carbonyl (C=O) groups excluding carboxylic acids is 2. The molecule has 2 fully saturated rings. The van der Waals surface area contributed by atoms with E-state index < -0.39 is 17.9 Å². The van der Waals surface area contributed by atoms with Crippen LogP contribution in [0.5, 0.6) is 0 Å². The molecule has 1 aliphatic heterocycles. The summed E-state index contributed by atoms with van der Waals surface area (Å²) in [6.45, 7) is 6.08. The maximum atomic E-state index is 15.0. The highest BCUT2D eigenvalue weighted by atomic mass is 19.1. The molecular formula is C26H30FN5O4. The van der Waals surface area contributed by atoms with Crippen LogP contribution in [0, 0.1) is 18.2 Å². The lowest BCUT2D eigenvalue weighted by Crippen LogP contribution is -2.48. The summed E-state index contributed by atoms with van der Waals surface area (Å²) in [5, 5.41) is 11.2. The Morgan fingerprint density at radius 2 is 2.11 bits per heavy atom. The summed E-state index contributed by atoms with van der Waals surface area (Å²) in [7, 11) is 0. The first-order valence-corrected chi connectivity index (χ1v) is 12.0. The molecule has 1 aliphatic carbocycles. The Morgan fingerprint density at radius 1 is 1.33 bits per heavy atom. The van der Waals surface area contributed by atoms with Gasteiger partial charge in [0, 0.05) is 36.1 Å². The highest BCUT2D eigenvalue weighted by molar-refractivity contribution is 6.01. The fraction of sp³-hybridized carbons (Fsp3) is 0.423. The largest absolute Gasteiger partial charge is 0.461 e. The maximum Gasteiger partial charge on any atom is 0.357 e. The predicted molar refractivity (Wildman–Crippen MR) is 133 cm³/mol. The highest BCUT2D eigenvalue weighted by Gasteiger charge is 2.32. The smallest absolute Gasteiger partial charge is 0.357 e. The Labute approximate surface area is 209 Å². The molecule has 10 heteroatoms. The first-order chi connectivity index (χ1) is 17.3. The van der Waals surface area contributed by atoms with Crippen molar-refractivity contribution in [3.05, 3.63) is 52.6 Å². The average Bonchev–Trinajstić information content (AvgIpc) is 3.68. The summed E-state index contributed by atoms with van der Waals surface area (Å²) in [6.07, 6.45) is 5.02.